The first-order valence-electron chi connectivity index (χ1n) is 10.9. The van der Waals surface area contributed by atoms with Gasteiger partial charge in [-0.1, -0.05) is 44.2 Å². The van der Waals surface area contributed by atoms with Crippen LogP contribution in [0.2, 0.25) is 0 Å². The Morgan fingerprint density at radius 1 is 1.21 bits per heavy atom. The molecule has 0 aliphatic heterocycles. The second-order valence-electron chi connectivity index (χ2n) is 8.30. The molecular formula is C25H31N3O. The van der Waals surface area contributed by atoms with Crippen LogP contribution >= 0.6 is 0 Å². The molecule has 0 fully saturated rings. The van der Waals surface area contributed by atoms with Crippen LogP contribution < -0.4 is 5.32 Å². The van der Waals surface area contributed by atoms with Crippen molar-refractivity contribution >= 4 is 16.6 Å². The van der Waals surface area contributed by atoms with Gasteiger partial charge in [-0.15, -0.1) is 0 Å². The topological polar surface area (TPSA) is 57.8 Å². The molecule has 1 aliphatic carbocycles. The fourth-order valence-corrected chi connectivity index (χ4v) is 4.51. The SMILES string of the molecule is CCc1nc(C)c(CNCCC[C@H](C)C(=O)c2ccc3c4c(cccc24)CC3)[nH]1. The van der Waals surface area contributed by atoms with E-state index in [-0.39, 0.29) is 11.7 Å². The maximum atomic E-state index is 13.1. The van der Waals surface area contributed by atoms with E-state index in [1.54, 1.807) is 0 Å². The zero-order valence-electron chi connectivity index (χ0n) is 17.8. The highest BCUT2D eigenvalue weighted by molar-refractivity contribution is 6.10. The van der Waals surface area contributed by atoms with Crippen molar-refractivity contribution in [1.82, 2.24) is 15.3 Å². The third-order valence-electron chi connectivity index (χ3n) is 6.25. The van der Waals surface area contributed by atoms with Crippen molar-refractivity contribution in [3.63, 3.8) is 0 Å². The smallest absolute Gasteiger partial charge is 0.166 e. The lowest BCUT2D eigenvalue weighted by Gasteiger charge is -2.14. The normalized spacial score (nSPS) is 13.9. The highest BCUT2D eigenvalue weighted by Crippen LogP contribution is 2.33. The first kappa shape index (κ1) is 19.8. The maximum absolute atomic E-state index is 13.1. The lowest BCUT2D eigenvalue weighted by Crippen LogP contribution is -2.18. The van der Waals surface area contributed by atoms with Crippen molar-refractivity contribution in [1.29, 1.82) is 0 Å². The van der Waals surface area contributed by atoms with E-state index in [4.69, 9.17) is 0 Å². The number of hydrogen-bond acceptors (Lipinski definition) is 3. The minimum atomic E-state index is 0.0378. The Hall–Kier alpha value is -2.46. The average Bonchev–Trinajstić information content (AvgIpc) is 3.32. The lowest BCUT2D eigenvalue weighted by molar-refractivity contribution is 0.0924. The number of aromatic nitrogens is 2. The first-order chi connectivity index (χ1) is 14.1. The zero-order valence-corrected chi connectivity index (χ0v) is 17.8. The fraction of sp³-hybridized carbons (Fsp3) is 0.440. The third kappa shape index (κ3) is 3.99. The van der Waals surface area contributed by atoms with E-state index in [9.17, 15) is 4.79 Å². The molecule has 3 aromatic rings. The molecule has 1 heterocycles. The summed E-state index contributed by atoms with van der Waals surface area (Å²) >= 11 is 0. The van der Waals surface area contributed by atoms with Crippen LogP contribution in [0.1, 0.15) is 65.4 Å². The quantitative estimate of drug-likeness (QED) is 0.403. The number of hydrogen-bond donors (Lipinski definition) is 2. The second-order valence-corrected chi connectivity index (χ2v) is 8.30. The summed E-state index contributed by atoms with van der Waals surface area (Å²) in [5.74, 6) is 1.36. The molecule has 29 heavy (non-hydrogen) atoms. The van der Waals surface area contributed by atoms with Crippen LogP contribution in [0.15, 0.2) is 30.3 Å². The average molecular weight is 390 g/mol. The van der Waals surface area contributed by atoms with Crippen molar-refractivity contribution in [3.05, 3.63) is 64.2 Å². The summed E-state index contributed by atoms with van der Waals surface area (Å²) in [6.45, 7) is 7.93. The minimum Gasteiger partial charge on any atom is -0.345 e. The number of nitrogens with one attached hydrogen (secondary N) is 2. The van der Waals surface area contributed by atoms with Crippen LogP contribution in [0.5, 0.6) is 0 Å². The second kappa shape index (κ2) is 8.50. The summed E-state index contributed by atoms with van der Waals surface area (Å²) in [4.78, 5) is 21.0. The van der Waals surface area contributed by atoms with Gasteiger partial charge in [0.05, 0.1) is 11.4 Å². The van der Waals surface area contributed by atoms with E-state index in [0.29, 0.717) is 0 Å². The molecule has 152 valence electrons. The van der Waals surface area contributed by atoms with Gasteiger partial charge in [0.15, 0.2) is 5.78 Å². The Bertz CT molecular complexity index is 1020. The van der Waals surface area contributed by atoms with Gasteiger partial charge in [0.1, 0.15) is 5.82 Å². The molecule has 1 aliphatic rings. The number of aryl methyl sites for hydroxylation is 4. The maximum Gasteiger partial charge on any atom is 0.166 e. The van der Waals surface area contributed by atoms with Gasteiger partial charge in [-0.2, -0.15) is 0 Å². The highest BCUT2D eigenvalue weighted by Gasteiger charge is 2.21. The van der Waals surface area contributed by atoms with Gasteiger partial charge in [0.25, 0.3) is 0 Å². The zero-order chi connectivity index (χ0) is 20.4. The van der Waals surface area contributed by atoms with E-state index in [1.165, 1.54) is 22.2 Å². The number of ketones is 1. The molecule has 0 amide bonds. The highest BCUT2D eigenvalue weighted by atomic mass is 16.1. The van der Waals surface area contributed by atoms with E-state index in [1.807, 2.05) is 6.92 Å². The molecule has 0 saturated heterocycles. The Morgan fingerprint density at radius 2 is 2.00 bits per heavy atom. The number of imidazole rings is 1. The molecule has 4 heteroatoms. The van der Waals surface area contributed by atoms with Crippen molar-refractivity contribution in [2.24, 2.45) is 5.92 Å². The molecule has 0 unspecified atom stereocenters. The predicted molar refractivity (Wildman–Crippen MR) is 118 cm³/mol. The van der Waals surface area contributed by atoms with Crippen molar-refractivity contribution in [2.75, 3.05) is 6.54 Å². The van der Waals surface area contributed by atoms with Gasteiger partial charge < -0.3 is 10.3 Å². The summed E-state index contributed by atoms with van der Waals surface area (Å²) in [6.07, 6.45) is 5.01. The van der Waals surface area contributed by atoms with E-state index >= 15 is 0 Å². The van der Waals surface area contributed by atoms with Gasteiger partial charge in [-0.05, 0) is 61.1 Å². The number of aromatic amines is 1. The molecule has 0 spiro atoms. The Kier molecular flexibility index (Phi) is 5.81. The summed E-state index contributed by atoms with van der Waals surface area (Å²) < 4.78 is 0. The Labute approximate surface area is 173 Å². The van der Waals surface area contributed by atoms with Crippen LogP contribution in [0, 0.1) is 12.8 Å². The Morgan fingerprint density at radius 3 is 2.76 bits per heavy atom. The molecule has 4 rings (SSSR count). The number of rotatable bonds is 9. The van der Waals surface area contributed by atoms with Gasteiger partial charge in [0, 0.05) is 24.4 Å². The predicted octanol–water partition coefficient (Wildman–Crippen LogP) is 4.92. The van der Waals surface area contributed by atoms with Gasteiger partial charge in [-0.3, -0.25) is 4.79 Å². The van der Waals surface area contributed by atoms with Gasteiger partial charge >= 0.3 is 0 Å². The monoisotopic (exact) mass is 389 g/mol. The fourth-order valence-electron chi connectivity index (χ4n) is 4.51. The van der Waals surface area contributed by atoms with Gasteiger partial charge in [-0.25, -0.2) is 4.98 Å². The van der Waals surface area contributed by atoms with Crippen molar-refractivity contribution in [2.45, 2.75) is 59.4 Å². The number of benzene rings is 2. The van der Waals surface area contributed by atoms with Crippen molar-refractivity contribution in [3.8, 4) is 0 Å². The van der Waals surface area contributed by atoms with Crippen molar-refractivity contribution < 1.29 is 4.79 Å². The van der Waals surface area contributed by atoms with E-state index < -0.39 is 0 Å². The largest absolute Gasteiger partial charge is 0.345 e. The number of H-pyrrole nitrogens is 1. The van der Waals surface area contributed by atoms with Crippen LogP contribution in [0.3, 0.4) is 0 Å². The molecule has 0 saturated carbocycles. The summed E-state index contributed by atoms with van der Waals surface area (Å²) in [7, 11) is 0. The molecule has 0 bridgehead atoms. The van der Waals surface area contributed by atoms with Crippen LogP contribution in [-0.2, 0) is 25.8 Å². The minimum absolute atomic E-state index is 0.0378. The number of Topliss-reactive ketones (excluding diaryl/α,β-unsaturated/α-hetero) is 1. The van der Waals surface area contributed by atoms with E-state index in [0.717, 1.165) is 67.7 Å². The van der Waals surface area contributed by atoms with E-state index in [2.05, 4.69) is 59.5 Å². The lowest BCUT2D eigenvalue weighted by atomic mass is 9.90. The molecular weight excluding hydrogens is 358 g/mol. The molecule has 1 atom stereocenters. The summed E-state index contributed by atoms with van der Waals surface area (Å²) in [5, 5.41) is 5.96. The number of carbonyl (C=O) groups excluding carboxylic acids is 1. The van der Waals surface area contributed by atoms with Crippen LogP contribution in [0.25, 0.3) is 10.8 Å². The Balaban J connectivity index is 1.32. The number of nitrogens with zero attached hydrogens (tertiary/aromatic N) is 1. The molecule has 2 N–H and O–H groups in total. The van der Waals surface area contributed by atoms with Crippen LogP contribution in [-0.4, -0.2) is 22.3 Å². The van der Waals surface area contributed by atoms with Crippen LogP contribution in [0.4, 0.5) is 0 Å². The molecule has 2 aromatic carbocycles. The molecule has 4 nitrogen and oxygen atoms in total. The van der Waals surface area contributed by atoms with Gasteiger partial charge in [0.2, 0.25) is 0 Å². The summed E-state index contributed by atoms with van der Waals surface area (Å²) in [5.41, 5.74) is 5.92. The summed E-state index contributed by atoms with van der Waals surface area (Å²) in [6, 6.07) is 10.6. The molecule has 1 aromatic heterocycles. The first-order valence-corrected chi connectivity index (χ1v) is 10.9. The standard InChI is InChI=1S/C25H31N3O/c1-4-23-27-17(3)22(28-23)15-26-14-6-7-16(2)25(29)21-13-12-19-11-10-18-8-5-9-20(21)24(18)19/h5,8-9,12-13,16,26H,4,6-7,10-11,14-15H2,1-3H3,(H,27,28)/t16-/m0/s1. The third-order valence-corrected chi connectivity index (χ3v) is 6.25. The molecule has 0 radical (unpaired) electrons. The number of carbonyl (C=O) groups is 1.